The number of aryl methyl sites for hydroxylation is 2. The van der Waals surface area contributed by atoms with Gasteiger partial charge in [-0.2, -0.15) is 10.2 Å². The summed E-state index contributed by atoms with van der Waals surface area (Å²) in [6.07, 6.45) is 3.57. The molecule has 0 fully saturated rings. The SMILES string of the molecule is CCn1nc(C(=O)Nc2nc(-c3cnn(C)c3)cs2)c2ccccc2c1=O. The number of benzene rings is 1. The predicted molar refractivity (Wildman–Crippen MR) is 104 cm³/mol. The van der Waals surface area contributed by atoms with Crippen molar-refractivity contribution < 1.29 is 4.79 Å². The van der Waals surface area contributed by atoms with Gasteiger partial charge in [0.15, 0.2) is 10.8 Å². The number of nitrogens with zero attached hydrogens (tertiary/aromatic N) is 5. The van der Waals surface area contributed by atoms with Crippen LogP contribution in [0.15, 0.2) is 46.8 Å². The van der Waals surface area contributed by atoms with E-state index in [0.29, 0.717) is 22.4 Å². The van der Waals surface area contributed by atoms with Gasteiger partial charge in [0.2, 0.25) is 0 Å². The van der Waals surface area contributed by atoms with Gasteiger partial charge in [-0.05, 0) is 13.0 Å². The van der Waals surface area contributed by atoms with E-state index in [0.717, 1.165) is 11.3 Å². The molecule has 3 aromatic heterocycles. The molecule has 0 spiro atoms. The van der Waals surface area contributed by atoms with Crippen molar-refractivity contribution in [2.24, 2.45) is 7.05 Å². The summed E-state index contributed by atoms with van der Waals surface area (Å²) in [6, 6.07) is 6.97. The number of anilines is 1. The Bertz CT molecular complexity index is 1210. The molecule has 136 valence electrons. The van der Waals surface area contributed by atoms with Crippen molar-refractivity contribution in [3.8, 4) is 11.3 Å². The summed E-state index contributed by atoms with van der Waals surface area (Å²) < 4.78 is 2.98. The molecular formula is C18H16N6O2S. The maximum atomic E-state index is 12.8. The third-order valence-corrected chi connectivity index (χ3v) is 4.87. The van der Waals surface area contributed by atoms with Crippen molar-refractivity contribution in [3.63, 3.8) is 0 Å². The number of amides is 1. The van der Waals surface area contributed by atoms with E-state index in [2.05, 4.69) is 20.5 Å². The van der Waals surface area contributed by atoms with E-state index >= 15 is 0 Å². The summed E-state index contributed by atoms with van der Waals surface area (Å²) in [4.78, 5) is 29.7. The van der Waals surface area contributed by atoms with Gasteiger partial charge in [-0.15, -0.1) is 11.3 Å². The number of carbonyl (C=O) groups is 1. The van der Waals surface area contributed by atoms with Crippen molar-refractivity contribution >= 4 is 33.1 Å². The molecule has 9 heteroatoms. The Kier molecular flexibility index (Phi) is 4.28. The van der Waals surface area contributed by atoms with Crippen LogP contribution >= 0.6 is 11.3 Å². The molecule has 0 aliphatic rings. The summed E-state index contributed by atoms with van der Waals surface area (Å²) in [5.41, 5.74) is 1.60. The largest absolute Gasteiger partial charge is 0.296 e. The van der Waals surface area contributed by atoms with Crippen LogP contribution in [0.4, 0.5) is 5.13 Å². The fourth-order valence-corrected chi connectivity index (χ4v) is 3.51. The quantitative estimate of drug-likeness (QED) is 0.587. The van der Waals surface area contributed by atoms with Gasteiger partial charge in [0.25, 0.3) is 11.5 Å². The first kappa shape index (κ1) is 17.1. The van der Waals surface area contributed by atoms with Crippen LogP contribution in [0.3, 0.4) is 0 Å². The molecule has 0 radical (unpaired) electrons. The third kappa shape index (κ3) is 3.13. The van der Waals surface area contributed by atoms with E-state index in [1.54, 1.807) is 35.1 Å². The van der Waals surface area contributed by atoms with Gasteiger partial charge in [0.1, 0.15) is 0 Å². The molecule has 3 heterocycles. The number of thiazole rings is 1. The summed E-state index contributed by atoms with van der Waals surface area (Å²) in [6.45, 7) is 2.19. The summed E-state index contributed by atoms with van der Waals surface area (Å²) in [5, 5.41) is 14.4. The molecule has 4 aromatic rings. The van der Waals surface area contributed by atoms with Crippen LogP contribution < -0.4 is 10.9 Å². The minimum absolute atomic E-state index is 0.199. The monoisotopic (exact) mass is 380 g/mol. The van der Waals surface area contributed by atoms with Crippen molar-refractivity contribution in [2.75, 3.05) is 5.32 Å². The maximum Gasteiger partial charge on any atom is 0.278 e. The highest BCUT2D eigenvalue weighted by molar-refractivity contribution is 7.14. The van der Waals surface area contributed by atoms with Gasteiger partial charge < -0.3 is 0 Å². The van der Waals surface area contributed by atoms with Crippen LogP contribution in [0, 0.1) is 0 Å². The molecule has 1 N–H and O–H groups in total. The molecule has 0 unspecified atom stereocenters. The molecular weight excluding hydrogens is 364 g/mol. The molecule has 8 nitrogen and oxygen atoms in total. The lowest BCUT2D eigenvalue weighted by molar-refractivity contribution is 0.102. The van der Waals surface area contributed by atoms with Crippen LogP contribution in [0.2, 0.25) is 0 Å². The number of nitrogens with one attached hydrogen (secondary N) is 1. The average molecular weight is 380 g/mol. The number of fused-ring (bicyclic) bond motifs is 1. The second-order valence-electron chi connectivity index (χ2n) is 5.91. The first-order valence-corrected chi connectivity index (χ1v) is 9.20. The minimum Gasteiger partial charge on any atom is -0.296 e. The van der Waals surface area contributed by atoms with Crippen LogP contribution in [0.25, 0.3) is 22.0 Å². The standard InChI is InChI=1S/C18H16N6O2S/c1-3-24-17(26)13-7-5-4-6-12(13)15(22-24)16(25)21-18-20-14(10-27-18)11-8-19-23(2)9-11/h4-10H,3H2,1-2H3,(H,20,21,25). The van der Waals surface area contributed by atoms with Crippen molar-refractivity contribution in [1.82, 2.24) is 24.5 Å². The Morgan fingerprint density at radius 1 is 1.26 bits per heavy atom. The van der Waals surface area contributed by atoms with E-state index in [9.17, 15) is 9.59 Å². The molecule has 0 saturated carbocycles. The summed E-state index contributed by atoms with van der Waals surface area (Å²) in [5.74, 6) is -0.402. The average Bonchev–Trinajstić information content (AvgIpc) is 3.31. The van der Waals surface area contributed by atoms with E-state index in [1.165, 1.54) is 16.0 Å². The van der Waals surface area contributed by atoms with Crippen LogP contribution in [-0.2, 0) is 13.6 Å². The number of rotatable bonds is 4. The first-order chi connectivity index (χ1) is 13.1. The smallest absolute Gasteiger partial charge is 0.278 e. The minimum atomic E-state index is -0.402. The Hall–Kier alpha value is -3.33. The van der Waals surface area contributed by atoms with Crippen LogP contribution in [0.1, 0.15) is 17.4 Å². The molecule has 0 saturated heterocycles. The molecule has 0 aliphatic heterocycles. The lowest BCUT2D eigenvalue weighted by Crippen LogP contribution is -2.27. The molecule has 1 amide bonds. The van der Waals surface area contributed by atoms with E-state index in [-0.39, 0.29) is 11.3 Å². The van der Waals surface area contributed by atoms with Crippen LogP contribution in [0.5, 0.6) is 0 Å². The van der Waals surface area contributed by atoms with E-state index in [4.69, 9.17) is 0 Å². The second-order valence-corrected chi connectivity index (χ2v) is 6.77. The Balaban J connectivity index is 1.69. The zero-order valence-corrected chi connectivity index (χ0v) is 15.5. The maximum absolute atomic E-state index is 12.8. The van der Waals surface area contributed by atoms with Crippen LogP contribution in [-0.4, -0.2) is 30.5 Å². The highest BCUT2D eigenvalue weighted by Gasteiger charge is 2.18. The molecule has 27 heavy (non-hydrogen) atoms. The normalized spacial score (nSPS) is 11.0. The molecule has 0 aliphatic carbocycles. The second kappa shape index (κ2) is 6.76. The lowest BCUT2D eigenvalue weighted by atomic mass is 10.1. The Morgan fingerprint density at radius 2 is 2.04 bits per heavy atom. The molecule has 0 bridgehead atoms. The Labute approximate surface area is 158 Å². The fraction of sp³-hybridized carbons (Fsp3) is 0.167. The Morgan fingerprint density at radius 3 is 2.74 bits per heavy atom. The zero-order chi connectivity index (χ0) is 19.0. The van der Waals surface area contributed by atoms with Gasteiger partial charge >= 0.3 is 0 Å². The van der Waals surface area contributed by atoms with Crippen molar-refractivity contribution in [1.29, 1.82) is 0 Å². The fourth-order valence-electron chi connectivity index (χ4n) is 2.79. The first-order valence-electron chi connectivity index (χ1n) is 8.32. The lowest BCUT2D eigenvalue weighted by Gasteiger charge is -2.09. The summed E-state index contributed by atoms with van der Waals surface area (Å²) >= 11 is 1.32. The van der Waals surface area contributed by atoms with E-state index < -0.39 is 5.91 Å². The zero-order valence-electron chi connectivity index (χ0n) is 14.7. The van der Waals surface area contributed by atoms with Gasteiger partial charge in [-0.25, -0.2) is 9.67 Å². The highest BCUT2D eigenvalue weighted by Crippen LogP contribution is 2.25. The van der Waals surface area contributed by atoms with Gasteiger partial charge in [-0.3, -0.25) is 19.6 Å². The topological polar surface area (TPSA) is 94.7 Å². The molecule has 1 aromatic carbocycles. The van der Waals surface area contributed by atoms with Crippen molar-refractivity contribution in [2.45, 2.75) is 13.5 Å². The van der Waals surface area contributed by atoms with Crippen molar-refractivity contribution in [3.05, 3.63) is 58.1 Å². The number of hydrogen-bond donors (Lipinski definition) is 1. The predicted octanol–water partition coefficient (Wildman–Crippen LogP) is 2.53. The number of carbonyl (C=O) groups excluding carboxylic acids is 1. The van der Waals surface area contributed by atoms with Gasteiger partial charge in [-0.1, -0.05) is 18.2 Å². The number of hydrogen-bond acceptors (Lipinski definition) is 6. The highest BCUT2D eigenvalue weighted by atomic mass is 32.1. The third-order valence-electron chi connectivity index (χ3n) is 4.11. The number of aromatic nitrogens is 5. The molecule has 0 atom stereocenters. The van der Waals surface area contributed by atoms with Gasteiger partial charge in [0, 0.05) is 36.1 Å². The van der Waals surface area contributed by atoms with Gasteiger partial charge in [0.05, 0.1) is 17.3 Å². The molecule has 4 rings (SSSR count). The van der Waals surface area contributed by atoms with E-state index in [1.807, 2.05) is 25.5 Å². The summed E-state index contributed by atoms with van der Waals surface area (Å²) in [7, 11) is 1.83.